The third-order valence-corrected chi connectivity index (χ3v) is 4.53. The lowest BCUT2D eigenvalue weighted by Crippen LogP contribution is -2.43. The Balaban J connectivity index is 2.04. The number of nitrogens with one attached hydrogen (secondary N) is 1. The van der Waals surface area contributed by atoms with Crippen LogP contribution in [0.2, 0.25) is 0 Å². The fourth-order valence-corrected chi connectivity index (χ4v) is 3.06. The van der Waals surface area contributed by atoms with Gasteiger partial charge in [-0.1, -0.05) is 0 Å². The number of esters is 1. The second-order valence-electron chi connectivity index (χ2n) is 5.43. The molecule has 2 rings (SSSR count). The van der Waals surface area contributed by atoms with Crippen molar-refractivity contribution in [3.8, 4) is 0 Å². The number of amides is 2. The van der Waals surface area contributed by atoms with Gasteiger partial charge in [0.1, 0.15) is 0 Å². The predicted molar refractivity (Wildman–Crippen MR) is 90.8 cm³/mol. The minimum Gasteiger partial charge on any atom is -0.465 e. The Hall–Kier alpha value is -2.09. The quantitative estimate of drug-likeness (QED) is 0.790. The molecule has 1 N–H and O–H groups in total. The summed E-state index contributed by atoms with van der Waals surface area (Å²) in [5.74, 6) is -0.922. The molecular formula is C16H19BrN2O5. The molecule has 1 aromatic rings. The van der Waals surface area contributed by atoms with Gasteiger partial charge < -0.3 is 19.7 Å². The Morgan fingerprint density at radius 3 is 2.62 bits per heavy atom. The summed E-state index contributed by atoms with van der Waals surface area (Å²) in [6.07, 6.45) is 1.03. The van der Waals surface area contributed by atoms with E-state index in [4.69, 9.17) is 4.74 Å². The molecule has 1 aromatic carbocycles. The number of benzene rings is 1. The zero-order valence-electron chi connectivity index (χ0n) is 13.5. The van der Waals surface area contributed by atoms with Crippen molar-refractivity contribution in [2.45, 2.75) is 12.8 Å². The maximum atomic E-state index is 12.4. The molecule has 0 aliphatic carbocycles. The molecule has 1 aliphatic heterocycles. The highest BCUT2D eigenvalue weighted by Crippen LogP contribution is 2.26. The first-order valence-electron chi connectivity index (χ1n) is 7.48. The fraction of sp³-hybridized carbons (Fsp3) is 0.438. The summed E-state index contributed by atoms with van der Waals surface area (Å²) in [6.45, 7) is 0.921. The number of carbonyl (C=O) groups excluding carboxylic acids is 3. The number of ether oxygens (including phenoxy) is 2. The predicted octanol–water partition coefficient (Wildman–Crippen LogP) is 2.65. The molecule has 1 fully saturated rings. The first-order valence-corrected chi connectivity index (χ1v) is 8.27. The molecule has 0 saturated carbocycles. The topological polar surface area (TPSA) is 84.9 Å². The molecule has 1 aliphatic rings. The van der Waals surface area contributed by atoms with Crippen molar-refractivity contribution in [3.63, 3.8) is 0 Å². The maximum absolute atomic E-state index is 12.4. The summed E-state index contributed by atoms with van der Waals surface area (Å²) in [4.78, 5) is 37.1. The number of anilines is 1. The van der Waals surface area contributed by atoms with E-state index in [2.05, 4.69) is 26.0 Å². The Morgan fingerprint density at radius 2 is 2.00 bits per heavy atom. The van der Waals surface area contributed by atoms with Crippen LogP contribution in [0.3, 0.4) is 0 Å². The van der Waals surface area contributed by atoms with Gasteiger partial charge >= 0.3 is 12.1 Å². The van der Waals surface area contributed by atoms with Crippen molar-refractivity contribution in [2.24, 2.45) is 5.92 Å². The maximum Gasteiger partial charge on any atom is 0.409 e. The fourth-order valence-electron chi connectivity index (χ4n) is 2.58. The molecule has 8 heteroatoms. The Kier molecular flexibility index (Phi) is 6.19. The van der Waals surface area contributed by atoms with E-state index in [-0.39, 0.29) is 11.8 Å². The van der Waals surface area contributed by atoms with Gasteiger partial charge in [-0.25, -0.2) is 9.59 Å². The molecule has 1 atom stereocenters. The lowest BCUT2D eigenvalue weighted by atomic mass is 9.97. The molecule has 1 heterocycles. The number of nitrogens with zero attached hydrogens (tertiary/aromatic N) is 1. The van der Waals surface area contributed by atoms with E-state index >= 15 is 0 Å². The van der Waals surface area contributed by atoms with Crippen molar-refractivity contribution in [1.82, 2.24) is 4.90 Å². The van der Waals surface area contributed by atoms with Crippen LogP contribution < -0.4 is 5.32 Å². The number of likely N-dealkylation sites (tertiary alicyclic amines) is 1. The first kappa shape index (κ1) is 18.3. The molecule has 0 spiro atoms. The molecule has 130 valence electrons. The zero-order valence-corrected chi connectivity index (χ0v) is 15.1. The van der Waals surface area contributed by atoms with E-state index in [0.717, 1.165) is 6.42 Å². The molecule has 0 aromatic heterocycles. The van der Waals surface area contributed by atoms with Crippen LogP contribution >= 0.6 is 15.9 Å². The summed E-state index contributed by atoms with van der Waals surface area (Å²) in [7, 11) is 2.63. The molecule has 1 saturated heterocycles. The highest BCUT2D eigenvalue weighted by Gasteiger charge is 2.29. The highest BCUT2D eigenvalue weighted by molar-refractivity contribution is 9.10. The third kappa shape index (κ3) is 4.25. The van der Waals surface area contributed by atoms with E-state index in [0.29, 0.717) is 35.2 Å². The number of halogens is 1. The first-order chi connectivity index (χ1) is 11.5. The van der Waals surface area contributed by atoms with Crippen LogP contribution in [0.5, 0.6) is 0 Å². The van der Waals surface area contributed by atoms with Crippen molar-refractivity contribution < 1.29 is 23.9 Å². The van der Waals surface area contributed by atoms with Gasteiger partial charge in [-0.3, -0.25) is 4.79 Å². The Labute approximate surface area is 148 Å². The summed E-state index contributed by atoms with van der Waals surface area (Å²) in [5, 5.41) is 2.82. The monoisotopic (exact) mass is 398 g/mol. The molecule has 2 amide bonds. The SMILES string of the molecule is COC(=O)c1ccc(NC(=O)[C@@H]2CCCN(C(=O)OC)C2)c(Br)c1. The van der Waals surface area contributed by atoms with Gasteiger partial charge in [-0.05, 0) is 47.0 Å². The van der Waals surface area contributed by atoms with Crippen LogP contribution in [0.15, 0.2) is 22.7 Å². The average Bonchev–Trinajstić information content (AvgIpc) is 2.61. The van der Waals surface area contributed by atoms with Crippen LogP contribution in [-0.4, -0.2) is 50.2 Å². The van der Waals surface area contributed by atoms with Crippen LogP contribution in [0.25, 0.3) is 0 Å². The van der Waals surface area contributed by atoms with Gasteiger partial charge in [-0.15, -0.1) is 0 Å². The minimum atomic E-state index is -0.449. The molecular weight excluding hydrogens is 380 g/mol. The molecule has 7 nitrogen and oxygen atoms in total. The van der Waals surface area contributed by atoms with Crippen molar-refractivity contribution in [2.75, 3.05) is 32.6 Å². The van der Waals surface area contributed by atoms with Gasteiger partial charge in [0.15, 0.2) is 0 Å². The van der Waals surface area contributed by atoms with Gasteiger partial charge in [-0.2, -0.15) is 0 Å². The van der Waals surface area contributed by atoms with Gasteiger partial charge in [0, 0.05) is 17.6 Å². The second-order valence-corrected chi connectivity index (χ2v) is 6.28. The standard InChI is InChI=1S/C16H19BrN2O5/c1-23-15(21)10-5-6-13(12(17)8-10)18-14(20)11-4-3-7-19(9-11)16(22)24-2/h5-6,8,11H,3-4,7,9H2,1-2H3,(H,18,20)/t11-/m1/s1. The normalized spacial score (nSPS) is 17.1. The zero-order chi connectivity index (χ0) is 17.7. The van der Waals surface area contributed by atoms with Crippen LogP contribution in [0.1, 0.15) is 23.2 Å². The number of piperidine rings is 1. The van der Waals surface area contributed by atoms with Crippen molar-refractivity contribution in [3.05, 3.63) is 28.2 Å². The van der Waals surface area contributed by atoms with Gasteiger partial charge in [0.25, 0.3) is 0 Å². The Morgan fingerprint density at radius 1 is 1.25 bits per heavy atom. The summed E-state index contributed by atoms with van der Waals surface area (Å²) < 4.78 is 9.94. The molecule has 0 bridgehead atoms. The number of carbonyl (C=O) groups is 3. The minimum absolute atomic E-state index is 0.171. The van der Waals surface area contributed by atoms with E-state index in [9.17, 15) is 14.4 Å². The van der Waals surface area contributed by atoms with Gasteiger partial charge in [0.2, 0.25) is 5.91 Å². The van der Waals surface area contributed by atoms with E-state index in [1.54, 1.807) is 18.2 Å². The largest absolute Gasteiger partial charge is 0.465 e. The molecule has 24 heavy (non-hydrogen) atoms. The number of methoxy groups -OCH3 is 2. The average molecular weight is 399 g/mol. The van der Waals surface area contributed by atoms with Crippen LogP contribution in [-0.2, 0) is 14.3 Å². The lowest BCUT2D eigenvalue weighted by molar-refractivity contribution is -0.121. The van der Waals surface area contributed by atoms with E-state index in [1.165, 1.54) is 19.1 Å². The summed E-state index contributed by atoms with van der Waals surface area (Å²) in [6, 6.07) is 4.80. The third-order valence-electron chi connectivity index (χ3n) is 3.87. The summed E-state index contributed by atoms with van der Waals surface area (Å²) in [5.41, 5.74) is 0.944. The molecule has 0 radical (unpaired) electrons. The summed E-state index contributed by atoms with van der Waals surface area (Å²) >= 11 is 3.34. The number of hydrogen-bond acceptors (Lipinski definition) is 5. The number of rotatable bonds is 3. The highest BCUT2D eigenvalue weighted by atomic mass is 79.9. The van der Waals surface area contributed by atoms with Gasteiger partial charge in [0.05, 0.1) is 31.4 Å². The van der Waals surface area contributed by atoms with Crippen LogP contribution in [0, 0.1) is 5.92 Å². The molecule has 0 unspecified atom stereocenters. The lowest BCUT2D eigenvalue weighted by Gasteiger charge is -2.30. The van der Waals surface area contributed by atoms with Crippen molar-refractivity contribution >= 4 is 39.6 Å². The van der Waals surface area contributed by atoms with E-state index < -0.39 is 12.1 Å². The van der Waals surface area contributed by atoms with E-state index in [1.807, 2.05) is 0 Å². The van der Waals surface area contributed by atoms with Crippen LogP contribution in [0.4, 0.5) is 10.5 Å². The van der Waals surface area contributed by atoms with Crippen molar-refractivity contribution in [1.29, 1.82) is 0 Å². The number of hydrogen-bond donors (Lipinski definition) is 1. The smallest absolute Gasteiger partial charge is 0.409 e. The second kappa shape index (κ2) is 8.14. The Bertz CT molecular complexity index is 649.